The lowest BCUT2D eigenvalue weighted by Crippen LogP contribution is -2.20. The third kappa shape index (κ3) is 7.20. The van der Waals surface area contributed by atoms with Crippen molar-refractivity contribution in [2.24, 2.45) is 0 Å². The number of carbonyl (C=O) groups is 2. The maximum Gasteiger partial charge on any atom is 0.266 e. The Labute approximate surface area is 218 Å². The molecule has 0 aliphatic heterocycles. The van der Waals surface area contributed by atoms with Crippen molar-refractivity contribution >= 4 is 45.2 Å². The standard InChI is InChI=1S/C28H26BrN3O4/c1-4-35-25-15-20(13-21(16-30)28(34)32-24-11-6-5-9-19(24)3)14-23(29)27(25)36-17-26(33)31-22-10-7-8-18(2)12-22/h5-15H,4,17H2,1-3H3,(H,31,33)(H,32,34)/b21-13+. The van der Waals surface area contributed by atoms with Crippen LogP contribution in [-0.4, -0.2) is 25.0 Å². The molecule has 2 amide bonds. The zero-order valence-electron chi connectivity index (χ0n) is 20.2. The summed E-state index contributed by atoms with van der Waals surface area (Å²) in [6, 6.07) is 20.1. The number of para-hydroxylation sites is 1. The molecule has 0 unspecified atom stereocenters. The summed E-state index contributed by atoms with van der Waals surface area (Å²) in [5.74, 6) is -0.123. The lowest BCUT2D eigenvalue weighted by Gasteiger charge is -2.15. The molecule has 0 heterocycles. The number of ether oxygens (including phenoxy) is 2. The van der Waals surface area contributed by atoms with Crippen molar-refractivity contribution in [1.82, 2.24) is 0 Å². The van der Waals surface area contributed by atoms with Crippen molar-refractivity contribution in [3.05, 3.63) is 87.4 Å². The molecule has 184 valence electrons. The van der Waals surface area contributed by atoms with Crippen LogP contribution in [0.25, 0.3) is 6.08 Å². The predicted molar refractivity (Wildman–Crippen MR) is 144 cm³/mol. The molecule has 0 bridgehead atoms. The monoisotopic (exact) mass is 547 g/mol. The highest BCUT2D eigenvalue weighted by Gasteiger charge is 2.16. The molecule has 0 saturated carbocycles. The van der Waals surface area contributed by atoms with Gasteiger partial charge < -0.3 is 20.1 Å². The first-order valence-electron chi connectivity index (χ1n) is 11.2. The number of nitrogens with zero attached hydrogens (tertiary/aromatic N) is 1. The van der Waals surface area contributed by atoms with Crippen LogP contribution in [0.2, 0.25) is 0 Å². The second-order valence-corrected chi connectivity index (χ2v) is 8.76. The number of carbonyl (C=O) groups excluding carboxylic acids is 2. The molecule has 7 nitrogen and oxygen atoms in total. The van der Waals surface area contributed by atoms with Crippen LogP contribution >= 0.6 is 15.9 Å². The quantitative estimate of drug-likeness (QED) is 0.251. The molecular formula is C28H26BrN3O4. The molecule has 2 N–H and O–H groups in total. The Hall–Kier alpha value is -4.09. The highest BCUT2D eigenvalue weighted by molar-refractivity contribution is 9.10. The molecule has 3 rings (SSSR count). The Morgan fingerprint density at radius 1 is 1.03 bits per heavy atom. The van der Waals surface area contributed by atoms with E-state index in [9.17, 15) is 14.9 Å². The van der Waals surface area contributed by atoms with E-state index < -0.39 is 5.91 Å². The molecule has 0 aliphatic rings. The zero-order valence-corrected chi connectivity index (χ0v) is 21.8. The Morgan fingerprint density at radius 2 is 1.81 bits per heavy atom. The molecule has 0 saturated heterocycles. The van der Waals surface area contributed by atoms with Crippen molar-refractivity contribution in [3.63, 3.8) is 0 Å². The fourth-order valence-corrected chi connectivity index (χ4v) is 3.92. The van der Waals surface area contributed by atoms with Crippen LogP contribution in [0.1, 0.15) is 23.6 Å². The van der Waals surface area contributed by atoms with Gasteiger partial charge in [0.25, 0.3) is 11.8 Å². The van der Waals surface area contributed by atoms with E-state index in [1.54, 1.807) is 24.3 Å². The average molecular weight is 548 g/mol. The van der Waals surface area contributed by atoms with Gasteiger partial charge in [0.2, 0.25) is 0 Å². The van der Waals surface area contributed by atoms with Gasteiger partial charge in [-0.3, -0.25) is 9.59 Å². The van der Waals surface area contributed by atoms with Gasteiger partial charge in [-0.2, -0.15) is 5.26 Å². The number of anilines is 2. The molecule has 0 aromatic heterocycles. The van der Waals surface area contributed by atoms with Gasteiger partial charge in [-0.15, -0.1) is 0 Å². The molecule has 0 fully saturated rings. The summed E-state index contributed by atoms with van der Waals surface area (Å²) in [5.41, 5.74) is 3.71. The number of hydrogen-bond donors (Lipinski definition) is 2. The van der Waals surface area contributed by atoms with Gasteiger partial charge in [-0.25, -0.2) is 0 Å². The van der Waals surface area contributed by atoms with E-state index in [0.717, 1.165) is 11.1 Å². The van der Waals surface area contributed by atoms with Crippen molar-refractivity contribution < 1.29 is 19.1 Å². The average Bonchev–Trinajstić information content (AvgIpc) is 2.83. The number of rotatable bonds is 9. The summed E-state index contributed by atoms with van der Waals surface area (Å²) in [5, 5.41) is 15.2. The third-order valence-corrected chi connectivity index (χ3v) is 5.64. The van der Waals surface area contributed by atoms with Crippen LogP contribution in [0.5, 0.6) is 11.5 Å². The van der Waals surface area contributed by atoms with E-state index in [4.69, 9.17) is 9.47 Å². The van der Waals surface area contributed by atoms with Gasteiger partial charge in [0.15, 0.2) is 18.1 Å². The number of hydrogen-bond acceptors (Lipinski definition) is 5. The molecular weight excluding hydrogens is 522 g/mol. The zero-order chi connectivity index (χ0) is 26.1. The second kappa shape index (κ2) is 12.6. The molecule has 36 heavy (non-hydrogen) atoms. The molecule has 0 radical (unpaired) electrons. The first-order valence-corrected chi connectivity index (χ1v) is 12.0. The summed E-state index contributed by atoms with van der Waals surface area (Å²) >= 11 is 3.46. The SMILES string of the molecule is CCOc1cc(/C=C(\C#N)C(=O)Nc2ccccc2C)cc(Br)c1OCC(=O)Nc1cccc(C)c1. The van der Waals surface area contributed by atoms with E-state index in [2.05, 4.69) is 26.6 Å². The Morgan fingerprint density at radius 3 is 2.50 bits per heavy atom. The van der Waals surface area contributed by atoms with E-state index in [-0.39, 0.29) is 18.1 Å². The summed E-state index contributed by atoms with van der Waals surface area (Å²) < 4.78 is 12.0. The van der Waals surface area contributed by atoms with Gasteiger partial charge in [0, 0.05) is 11.4 Å². The molecule has 3 aromatic rings. The molecule has 0 aliphatic carbocycles. The Kier molecular flexibility index (Phi) is 9.25. The summed E-state index contributed by atoms with van der Waals surface area (Å²) in [4.78, 5) is 25.1. The number of benzene rings is 3. The van der Waals surface area contributed by atoms with Crippen LogP contribution in [0.3, 0.4) is 0 Å². The number of amides is 2. The molecule has 3 aromatic carbocycles. The minimum absolute atomic E-state index is 0.0706. The third-order valence-electron chi connectivity index (χ3n) is 5.05. The van der Waals surface area contributed by atoms with Gasteiger partial charge >= 0.3 is 0 Å². The highest BCUT2D eigenvalue weighted by Crippen LogP contribution is 2.37. The largest absolute Gasteiger partial charge is 0.490 e. The van der Waals surface area contributed by atoms with Gasteiger partial charge in [-0.05, 0) is 89.8 Å². The number of halogens is 1. The van der Waals surface area contributed by atoms with Crippen molar-refractivity contribution in [2.75, 3.05) is 23.8 Å². The molecule has 0 spiro atoms. The van der Waals surface area contributed by atoms with Crippen LogP contribution in [-0.2, 0) is 9.59 Å². The lowest BCUT2D eigenvalue weighted by atomic mass is 10.1. The van der Waals surface area contributed by atoms with E-state index in [0.29, 0.717) is 39.5 Å². The van der Waals surface area contributed by atoms with Gasteiger partial charge in [0.1, 0.15) is 11.6 Å². The van der Waals surface area contributed by atoms with Crippen LogP contribution in [0, 0.1) is 25.2 Å². The smallest absolute Gasteiger partial charge is 0.266 e. The number of nitrogens with one attached hydrogen (secondary N) is 2. The van der Waals surface area contributed by atoms with Gasteiger partial charge in [-0.1, -0.05) is 30.3 Å². The first kappa shape index (κ1) is 26.5. The fourth-order valence-electron chi connectivity index (χ4n) is 3.35. The van der Waals surface area contributed by atoms with E-state index in [1.807, 2.05) is 63.2 Å². The van der Waals surface area contributed by atoms with E-state index >= 15 is 0 Å². The minimum Gasteiger partial charge on any atom is -0.490 e. The summed E-state index contributed by atoms with van der Waals surface area (Å²) in [7, 11) is 0. The molecule has 0 atom stereocenters. The van der Waals surface area contributed by atoms with Gasteiger partial charge in [0.05, 0.1) is 11.1 Å². The molecule has 8 heteroatoms. The summed E-state index contributed by atoms with van der Waals surface area (Å²) in [6.45, 7) is 5.75. The van der Waals surface area contributed by atoms with Crippen LogP contribution in [0.4, 0.5) is 11.4 Å². The maximum absolute atomic E-state index is 12.7. The Balaban J connectivity index is 1.78. The number of aryl methyl sites for hydroxylation is 2. The van der Waals surface area contributed by atoms with Crippen molar-refractivity contribution in [1.29, 1.82) is 5.26 Å². The summed E-state index contributed by atoms with van der Waals surface area (Å²) in [6.07, 6.45) is 1.47. The number of nitriles is 1. The topological polar surface area (TPSA) is 100 Å². The van der Waals surface area contributed by atoms with Crippen LogP contribution < -0.4 is 20.1 Å². The second-order valence-electron chi connectivity index (χ2n) is 7.91. The first-order chi connectivity index (χ1) is 17.3. The normalized spacial score (nSPS) is 10.8. The fraction of sp³-hybridized carbons (Fsp3) is 0.179. The van der Waals surface area contributed by atoms with Crippen molar-refractivity contribution in [2.45, 2.75) is 20.8 Å². The highest BCUT2D eigenvalue weighted by atomic mass is 79.9. The van der Waals surface area contributed by atoms with Crippen LogP contribution in [0.15, 0.2) is 70.7 Å². The Bertz CT molecular complexity index is 1340. The maximum atomic E-state index is 12.7. The van der Waals surface area contributed by atoms with Crippen molar-refractivity contribution in [3.8, 4) is 17.6 Å². The van der Waals surface area contributed by atoms with E-state index in [1.165, 1.54) is 6.08 Å². The lowest BCUT2D eigenvalue weighted by molar-refractivity contribution is -0.118. The minimum atomic E-state index is -0.519. The predicted octanol–water partition coefficient (Wildman–Crippen LogP) is 6.03.